The second-order valence-electron chi connectivity index (χ2n) is 6.31. The monoisotopic (exact) mass is 337 g/mol. The van der Waals surface area contributed by atoms with Crippen molar-refractivity contribution in [2.45, 2.75) is 32.2 Å². The van der Waals surface area contributed by atoms with Crippen LogP contribution in [0.15, 0.2) is 51.5 Å². The molecule has 0 saturated carbocycles. The Morgan fingerprint density at radius 1 is 1.12 bits per heavy atom. The van der Waals surface area contributed by atoms with Gasteiger partial charge in [0, 0.05) is 24.2 Å². The molecular weight excluding hydrogens is 318 g/mol. The number of hydrogen-bond donors (Lipinski definition) is 0. The van der Waals surface area contributed by atoms with Gasteiger partial charge in [-0.05, 0) is 26.2 Å². The third-order valence-corrected chi connectivity index (χ3v) is 4.54. The molecule has 1 fully saturated rings. The van der Waals surface area contributed by atoms with Gasteiger partial charge < -0.3 is 13.9 Å². The molecule has 0 aliphatic carbocycles. The number of carbonyl (C=O) groups is 1. The van der Waals surface area contributed by atoms with Crippen LogP contribution in [0.2, 0.25) is 0 Å². The van der Waals surface area contributed by atoms with E-state index in [4.69, 9.17) is 9.05 Å². The summed E-state index contributed by atoms with van der Waals surface area (Å²) in [6, 6.07) is 13.2. The van der Waals surface area contributed by atoms with Gasteiger partial charge in [0.05, 0.1) is 6.04 Å². The summed E-state index contributed by atoms with van der Waals surface area (Å²) in [6.45, 7) is 2.54. The van der Waals surface area contributed by atoms with Crippen LogP contribution in [0.4, 0.5) is 0 Å². The number of carbonyl (C=O) groups excluding carboxylic acids is 1. The summed E-state index contributed by atoms with van der Waals surface area (Å²) >= 11 is 0. The van der Waals surface area contributed by atoms with Crippen molar-refractivity contribution in [2.75, 3.05) is 6.54 Å². The van der Waals surface area contributed by atoms with Crippen LogP contribution in [-0.4, -0.2) is 27.7 Å². The fraction of sp³-hybridized carbons (Fsp3) is 0.316. The fourth-order valence-electron chi connectivity index (χ4n) is 3.29. The molecule has 3 aromatic rings. The van der Waals surface area contributed by atoms with Crippen molar-refractivity contribution in [3.8, 4) is 11.3 Å². The van der Waals surface area contributed by atoms with E-state index in [0.29, 0.717) is 18.0 Å². The number of likely N-dealkylation sites (tertiary alicyclic amines) is 1. The first-order chi connectivity index (χ1) is 12.2. The number of piperidine rings is 1. The molecular formula is C19H19N3O3. The fourth-order valence-corrected chi connectivity index (χ4v) is 3.29. The Balaban J connectivity index is 1.60. The highest BCUT2D eigenvalue weighted by Gasteiger charge is 2.32. The summed E-state index contributed by atoms with van der Waals surface area (Å²) < 4.78 is 10.6. The lowest BCUT2D eigenvalue weighted by molar-refractivity contribution is 0.0591. The molecule has 6 heteroatoms. The highest BCUT2D eigenvalue weighted by Crippen LogP contribution is 2.32. The molecule has 0 radical (unpaired) electrons. The maximum absolute atomic E-state index is 13.0. The molecule has 1 atom stereocenters. The van der Waals surface area contributed by atoms with Gasteiger partial charge in [-0.2, -0.15) is 0 Å². The summed E-state index contributed by atoms with van der Waals surface area (Å²) in [5.41, 5.74) is 2.03. The second-order valence-corrected chi connectivity index (χ2v) is 6.31. The molecule has 0 N–H and O–H groups in total. The van der Waals surface area contributed by atoms with Crippen molar-refractivity contribution in [1.29, 1.82) is 0 Å². The first-order valence-electron chi connectivity index (χ1n) is 8.49. The molecule has 2 aromatic heterocycles. The highest BCUT2D eigenvalue weighted by molar-refractivity contribution is 5.93. The number of aromatic nitrogens is 2. The molecule has 0 unspecified atom stereocenters. The minimum Gasteiger partial charge on any atom is -0.361 e. The van der Waals surface area contributed by atoms with Crippen LogP contribution in [0.25, 0.3) is 11.3 Å². The molecule has 128 valence electrons. The SMILES string of the molecule is Cc1cc([C@H]2CCCCN2C(=O)c2cc(-c3ccccc3)on2)no1. The van der Waals surface area contributed by atoms with Gasteiger partial charge in [0.15, 0.2) is 11.5 Å². The molecule has 1 saturated heterocycles. The third kappa shape index (κ3) is 3.07. The van der Waals surface area contributed by atoms with Crippen LogP contribution >= 0.6 is 0 Å². The van der Waals surface area contributed by atoms with Crippen LogP contribution in [0.5, 0.6) is 0 Å². The van der Waals surface area contributed by atoms with Gasteiger partial charge in [-0.1, -0.05) is 40.6 Å². The molecule has 6 nitrogen and oxygen atoms in total. The van der Waals surface area contributed by atoms with E-state index in [9.17, 15) is 4.79 Å². The van der Waals surface area contributed by atoms with E-state index in [1.165, 1.54) is 0 Å². The summed E-state index contributed by atoms with van der Waals surface area (Å²) in [4.78, 5) is 14.8. The maximum atomic E-state index is 13.0. The van der Waals surface area contributed by atoms with Gasteiger partial charge in [0.2, 0.25) is 0 Å². The van der Waals surface area contributed by atoms with Crippen LogP contribution < -0.4 is 0 Å². The number of rotatable bonds is 3. The van der Waals surface area contributed by atoms with E-state index >= 15 is 0 Å². The van der Waals surface area contributed by atoms with Crippen molar-refractivity contribution in [3.05, 3.63) is 59.6 Å². The van der Waals surface area contributed by atoms with Crippen LogP contribution in [0, 0.1) is 6.92 Å². The molecule has 1 aromatic carbocycles. The summed E-state index contributed by atoms with van der Waals surface area (Å²) in [7, 11) is 0. The number of amides is 1. The Morgan fingerprint density at radius 3 is 2.72 bits per heavy atom. The van der Waals surface area contributed by atoms with E-state index < -0.39 is 0 Å². The largest absolute Gasteiger partial charge is 0.361 e. The highest BCUT2D eigenvalue weighted by atomic mass is 16.5. The van der Waals surface area contributed by atoms with E-state index in [-0.39, 0.29) is 11.9 Å². The van der Waals surface area contributed by atoms with Crippen LogP contribution in [0.1, 0.15) is 47.2 Å². The lowest BCUT2D eigenvalue weighted by Crippen LogP contribution is -2.38. The minimum absolute atomic E-state index is 0.0735. The van der Waals surface area contributed by atoms with Gasteiger partial charge in [0.25, 0.3) is 5.91 Å². The van der Waals surface area contributed by atoms with E-state index in [0.717, 1.165) is 36.3 Å². The average Bonchev–Trinajstić information content (AvgIpc) is 3.31. The lowest BCUT2D eigenvalue weighted by Gasteiger charge is -2.33. The number of hydrogen-bond acceptors (Lipinski definition) is 5. The predicted molar refractivity (Wildman–Crippen MR) is 90.8 cm³/mol. The molecule has 1 amide bonds. The van der Waals surface area contributed by atoms with Gasteiger partial charge in [-0.15, -0.1) is 0 Å². The molecule has 1 aliphatic heterocycles. The van der Waals surface area contributed by atoms with E-state index in [2.05, 4.69) is 10.3 Å². The second kappa shape index (κ2) is 6.55. The van der Waals surface area contributed by atoms with E-state index in [1.54, 1.807) is 6.07 Å². The lowest BCUT2D eigenvalue weighted by atomic mass is 9.98. The zero-order valence-electron chi connectivity index (χ0n) is 14.0. The Kier molecular flexibility index (Phi) is 4.09. The average molecular weight is 337 g/mol. The quantitative estimate of drug-likeness (QED) is 0.722. The molecule has 25 heavy (non-hydrogen) atoms. The zero-order chi connectivity index (χ0) is 17.2. The predicted octanol–water partition coefficient (Wildman–Crippen LogP) is 4.01. The summed E-state index contributed by atoms with van der Waals surface area (Å²) in [5, 5.41) is 8.10. The van der Waals surface area contributed by atoms with Gasteiger partial charge in [-0.3, -0.25) is 4.79 Å². The van der Waals surface area contributed by atoms with E-state index in [1.807, 2.05) is 48.2 Å². The Labute approximate surface area is 145 Å². The van der Waals surface area contributed by atoms with Crippen molar-refractivity contribution < 1.29 is 13.8 Å². The van der Waals surface area contributed by atoms with Crippen molar-refractivity contribution in [2.24, 2.45) is 0 Å². The molecule has 4 rings (SSSR count). The van der Waals surface area contributed by atoms with Crippen LogP contribution in [0.3, 0.4) is 0 Å². The maximum Gasteiger partial charge on any atom is 0.276 e. The Hall–Kier alpha value is -2.89. The topological polar surface area (TPSA) is 72.4 Å². The van der Waals surface area contributed by atoms with Gasteiger partial charge in [-0.25, -0.2) is 0 Å². The van der Waals surface area contributed by atoms with Crippen molar-refractivity contribution in [1.82, 2.24) is 15.2 Å². The molecule has 0 spiro atoms. The molecule has 0 bridgehead atoms. The van der Waals surface area contributed by atoms with Crippen molar-refractivity contribution in [3.63, 3.8) is 0 Å². The Bertz CT molecular complexity index is 869. The normalized spacial score (nSPS) is 17.6. The first kappa shape index (κ1) is 15.6. The smallest absolute Gasteiger partial charge is 0.276 e. The van der Waals surface area contributed by atoms with Gasteiger partial charge >= 0.3 is 0 Å². The van der Waals surface area contributed by atoms with Crippen molar-refractivity contribution >= 4 is 5.91 Å². The Morgan fingerprint density at radius 2 is 1.96 bits per heavy atom. The standard InChI is InChI=1S/C19H19N3O3/c1-13-11-15(20-24-13)17-9-5-6-10-22(17)19(23)16-12-18(25-21-16)14-7-3-2-4-8-14/h2-4,7-8,11-12,17H,5-6,9-10H2,1H3/t17-/m1/s1. The number of aryl methyl sites for hydroxylation is 1. The third-order valence-electron chi connectivity index (χ3n) is 4.54. The van der Waals surface area contributed by atoms with Gasteiger partial charge in [0.1, 0.15) is 11.5 Å². The zero-order valence-corrected chi connectivity index (χ0v) is 14.0. The molecule has 3 heterocycles. The first-order valence-corrected chi connectivity index (χ1v) is 8.49. The number of nitrogens with zero attached hydrogens (tertiary/aromatic N) is 3. The summed E-state index contributed by atoms with van der Waals surface area (Å²) in [6.07, 6.45) is 2.91. The minimum atomic E-state index is -0.128. The van der Waals surface area contributed by atoms with Crippen LogP contribution in [-0.2, 0) is 0 Å². The number of benzene rings is 1. The summed E-state index contributed by atoms with van der Waals surface area (Å²) in [5.74, 6) is 1.21. The molecule has 1 aliphatic rings.